The smallest absolute Gasteiger partial charge is 0.264 e. The monoisotopic (exact) mass is 411 g/mol. The molecule has 2 aromatic carbocycles. The summed E-state index contributed by atoms with van der Waals surface area (Å²) in [5.74, 6) is 0.581. The van der Waals surface area contributed by atoms with Crippen LogP contribution in [0.5, 0.6) is 5.75 Å². The number of nitrogens with one attached hydrogen (secondary N) is 1. The van der Waals surface area contributed by atoms with Crippen molar-refractivity contribution in [1.29, 1.82) is 0 Å². The molecule has 150 valence electrons. The molecule has 0 aliphatic heterocycles. The molecule has 1 heterocycles. The van der Waals surface area contributed by atoms with Crippen LogP contribution in [0.4, 0.5) is 11.5 Å². The third-order valence-electron chi connectivity index (χ3n) is 4.34. The fourth-order valence-corrected chi connectivity index (χ4v) is 3.86. The Morgan fingerprint density at radius 1 is 1.07 bits per heavy atom. The van der Waals surface area contributed by atoms with Gasteiger partial charge >= 0.3 is 0 Å². The van der Waals surface area contributed by atoms with E-state index in [1.165, 1.54) is 32.4 Å². The summed E-state index contributed by atoms with van der Waals surface area (Å²) in [6.45, 7) is 1.90. The van der Waals surface area contributed by atoms with Crippen LogP contribution in [0.2, 0.25) is 0 Å². The minimum absolute atomic E-state index is 0.0142. The van der Waals surface area contributed by atoms with Crippen molar-refractivity contribution >= 4 is 27.4 Å². The minimum atomic E-state index is -3.85. The van der Waals surface area contributed by atoms with Crippen LogP contribution in [-0.2, 0) is 10.0 Å². The van der Waals surface area contributed by atoms with Crippen LogP contribution in [0, 0.1) is 6.92 Å². The van der Waals surface area contributed by atoms with Crippen molar-refractivity contribution in [2.75, 3.05) is 23.8 Å². The van der Waals surface area contributed by atoms with E-state index in [0.29, 0.717) is 17.3 Å². The molecule has 1 amide bonds. The molecule has 0 spiro atoms. The van der Waals surface area contributed by atoms with Gasteiger partial charge in [0.05, 0.1) is 17.7 Å². The molecular weight excluding hydrogens is 390 g/mol. The Morgan fingerprint density at radius 3 is 2.41 bits per heavy atom. The third kappa shape index (κ3) is 4.55. The maximum absolute atomic E-state index is 13.0. The molecule has 0 saturated carbocycles. The molecule has 3 aromatic rings. The molecule has 0 fully saturated rings. The molecule has 0 saturated heterocycles. The maximum Gasteiger partial charge on any atom is 0.264 e. The number of sulfonamides is 1. The Labute approximate surface area is 170 Å². The van der Waals surface area contributed by atoms with Crippen molar-refractivity contribution in [1.82, 2.24) is 4.98 Å². The molecule has 1 aromatic heterocycles. The first-order valence-corrected chi connectivity index (χ1v) is 10.2. The normalized spacial score (nSPS) is 11.0. The second-order valence-corrected chi connectivity index (χ2v) is 8.34. The van der Waals surface area contributed by atoms with Gasteiger partial charge in [-0.15, -0.1) is 0 Å². The van der Waals surface area contributed by atoms with Crippen LogP contribution in [0.3, 0.4) is 0 Å². The molecule has 29 heavy (non-hydrogen) atoms. The molecule has 3 rings (SSSR count). The molecule has 8 heteroatoms. The highest BCUT2D eigenvalue weighted by Gasteiger charge is 2.22. The SMILES string of the molecule is COc1ccc(N(C)S(=O)(=O)c2cccc(C(=O)Nc3ccc(C)cn3)c2)cc1. The van der Waals surface area contributed by atoms with Gasteiger partial charge < -0.3 is 10.1 Å². The molecular formula is C21H21N3O4S. The first-order valence-electron chi connectivity index (χ1n) is 8.78. The van der Waals surface area contributed by atoms with E-state index in [-0.39, 0.29) is 10.5 Å². The van der Waals surface area contributed by atoms with E-state index in [1.807, 2.05) is 13.0 Å². The van der Waals surface area contributed by atoms with Crippen LogP contribution in [0.25, 0.3) is 0 Å². The molecule has 0 aliphatic carbocycles. The number of nitrogens with zero attached hydrogens (tertiary/aromatic N) is 2. The largest absolute Gasteiger partial charge is 0.497 e. The van der Waals surface area contributed by atoms with Crippen LogP contribution >= 0.6 is 0 Å². The molecule has 0 bridgehead atoms. The maximum atomic E-state index is 13.0. The molecule has 0 aliphatic rings. The average Bonchev–Trinajstić information content (AvgIpc) is 2.75. The van der Waals surface area contributed by atoms with Crippen molar-refractivity contribution in [3.8, 4) is 5.75 Å². The van der Waals surface area contributed by atoms with Crippen LogP contribution in [0.1, 0.15) is 15.9 Å². The van der Waals surface area contributed by atoms with Crippen molar-refractivity contribution in [3.63, 3.8) is 0 Å². The number of rotatable bonds is 6. The Balaban J connectivity index is 1.84. The lowest BCUT2D eigenvalue weighted by Gasteiger charge is -2.20. The Bertz CT molecular complexity index is 1110. The number of amides is 1. The predicted molar refractivity (Wildman–Crippen MR) is 112 cm³/mol. The summed E-state index contributed by atoms with van der Waals surface area (Å²) in [6.07, 6.45) is 1.64. The average molecular weight is 411 g/mol. The van der Waals surface area contributed by atoms with Crippen LogP contribution in [0.15, 0.2) is 71.8 Å². The second kappa shape index (κ2) is 8.32. The number of pyridine rings is 1. The van der Waals surface area contributed by atoms with E-state index in [1.54, 1.807) is 42.6 Å². The van der Waals surface area contributed by atoms with Gasteiger partial charge in [-0.05, 0) is 61.0 Å². The molecule has 0 atom stereocenters. The zero-order valence-electron chi connectivity index (χ0n) is 16.3. The lowest BCUT2D eigenvalue weighted by Crippen LogP contribution is -2.26. The van der Waals surface area contributed by atoms with Gasteiger partial charge in [0.2, 0.25) is 0 Å². The number of hydrogen-bond acceptors (Lipinski definition) is 5. The number of methoxy groups -OCH3 is 1. The number of ether oxygens (including phenoxy) is 1. The lowest BCUT2D eigenvalue weighted by molar-refractivity contribution is 0.102. The van der Waals surface area contributed by atoms with Crippen LogP contribution in [-0.4, -0.2) is 33.5 Å². The highest BCUT2D eigenvalue weighted by Crippen LogP contribution is 2.25. The summed E-state index contributed by atoms with van der Waals surface area (Å²) in [5, 5.41) is 2.67. The highest BCUT2D eigenvalue weighted by atomic mass is 32.2. The second-order valence-electron chi connectivity index (χ2n) is 6.37. The standard InChI is InChI=1S/C21H21N3O4S/c1-15-7-12-20(22-14-15)23-21(25)16-5-4-6-19(13-16)29(26,27)24(2)17-8-10-18(28-3)11-9-17/h4-14H,1-3H3,(H,22,23,25). The van der Waals surface area contributed by atoms with Crippen molar-refractivity contribution in [2.45, 2.75) is 11.8 Å². The number of carbonyl (C=O) groups is 1. The van der Waals surface area contributed by atoms with E-state index in [2.05, 4.69) is 10.3 Å². The van der Waals surface area contributed by atoms with E-state index in [4.69, 9.17) is 4.74 Å². The van der Waals surface area contributed by atoms with E-state index in [0.717, 1.165) is 9.87 Å². The molecule has 0 radical (unpaired) electrons. The van der Waals surface area contributed by atoms with Gasteiger partial charge in [-0.25, -0.2) is 13.4 Å². The minimum Gasteiger partial charge on any atom is -0.497 e. The number of aromatic nitrogens is 1. The van der Waals surface area contributed by atoms with Gasteiger partial charge in [-0.1, -0.05) is 12.1 Å². The lowest BCUT2D eigenvalue weighted by atomic mass is 10.2. The van der Waals surface area contributed by atoms with Crippen molar-refractivity contribution in [3.05, 3.63) is 78.0 Å². The van der Waals surface area contributed by atoms with Gasteiger partial charge in [-0.2, -0.15) is 0 Å². The summed E-state index contributed by atoms with van der Waals surface area (Å²) in [7, 11) is -0.851. The van der Waals surface area contributed by atoms with Gasteiger partial charge in [0, 0.05) is 18.8 Å². The number of anilines is 2. The zero-order chi connectivity index (χ0) is 21.0. The zero-order valence-corrected chi connectivity index (χ0v) is 17.1. The number of aryl methyl sites for hydroxylation is 1. The van der Waals surface area contributed by atoms with E-state index in [9.17, 15) is 13.2 Å². The van der Waals surface area contributed by atoms with Crippen LogP contribution < -0.4 is 14.4 Å². The number of hydrogen-bond donors (Lipinski definition) is 1. The fraction of sp³-hybridized carbons (Fsp3) is 0.143. The summed E-state index contributed by atoms with van der Waals surface area (Å²) < 4.78 is 32.3. The predicted octanol–water partition coefficient (Wildman–Crippen LogP) is 3.48. The van der Waals surface area contributed by atoms with Gasteiger partial charge in [0.15, 0.2) is 0 Å². The van der Waals surface area contributed by atoms with Crippen molar-refractivity contribution < 1.29 is 17.9 Å². The third-order valence-corrected chi connectivity index (χ3v) is 6.13. The first kappa shape index (κ1) is 20.3. The van der Waals surface area contributed by atoms with Gasteiger partial charge in [-0.3, -0.25) is 9.10 Å². The summed E-state index contributed by atoms with van der Waals surface area (Å²) in [5.41, 5.74) is 1.67. The van der Waals surface area contributed by atoms with E-state index < -0.39 is 15.9 Å². The molecule has 0 unspecified atom stereocenters. The summed E-state index contributed by atoms with van der Waals surface area (Å²) >= 11 is 0. The quantitative estimate of drug-likeness (QED) is 0.671. The Hall–Kier alpha value is -3.39. The van der Waals surface area contributed by atoms with Gasteiger partial charge in [0.1, 0.15) is 11.6 Å². The molecule has 7 nitrogen and oxygen atoms in total. The van der Waals surface area contributed by atoms with Gasteiger partial charge in [0.25, 0.3) is 15.9 Å². The Kier molecular flexibility index (Phi) is 5.84. The fourth-order valence-electron chi connectivity index (χ4n) is 2.62. The summed E-state index contributed by atoms with van der Waals surface area (Å²) in [6, 6.07) is 16.1. The first-order chi connectivity index (χ1) is 13.8. The van der Waals surface area contributed by atoms with Crippen molar-refractivity contribution in [2.24, 2.45) is 0 Å². The molecule has 1 N–H and O–H groups in total. The number of benzene rings is 2. The Morgan fingerprint density at radius 2 is 1.79 bits per heavy atom. The van der Waals surface area contributed by atoms with E-state index >= 15 is 0 Å². The summed E-state index contributed by atoms with van der Waals surface area (Å²) in [4.78, 5) is 16.7. The number of carbonyl (C=O) groups excluding carboxylic acids is 1. The highest BCUT2D eigenvalue weighted by molar-refractivity contribution is 7.92. The topological polar surface area (TPSA) is 88.6 Å².